The van der Waals surface area contributed by atoms with Crippen molar-refractivity contribution in [3.63, 3.8) is 0 Å². The zero-order valence-electron chi connectivity index (χ0n) is 13.3. The molecule has 2 rings (SSSR count). The Bertz CT molecular complexity index is 786. The molecule has 3 N–H and O–H groups in total. The van der Waals surface area contributed by atoms with Gasteiger partial charge in [-0.05, 0) is 36.8 Å². The van der Waals surface area contributed by atoms with Crippen molar-refractivity contribution in [2.45, 2.75) is 19.9 Å². The number of phenolic OH excluding ortho intramolecular Hbond substituents is 1. The summed E-state index contributed by atoms with van der Waals surface area (Å²) in [6.45, 7) is 2.86. The lowest BCUT2D eigenvalue weighted by atomic mass is 10.1. The van der Waals surface area contributed by atoms with Crippen molar-refractivity contribution < 1.29 is 24.2 Å². The lowest BCUT2D eigenvalue weighted by molar-refractivity contribution is -0.123. The molecule has 126 valence electrons. The summed E-state index contributed by atoms with van der Waals surface area (Å²) >= 11 is 0. The van der Waals surface area contributed by atoms with Gasteiger partial charge in [-0.3, -0.25) is 10.1 Å². The van der Waals surface area contributed by atoms with Crippen molar-refractivity contribution in [2.75, 3.05) is 6.61 Å². The average Bonchev–Trinajstić information content (AvgIpc) is 2.51. The van der Waals surface area contributed by atoms with E-state index in [1.54, 1.807) is 32.0 Å². The van der Waals surface area contributed by atoms with Gasteiger partial charge in [0.15, 0.2) is 6.61 Å². The van der Waals surface area contributed by atoms with Crippen LogP contribution in [-0.2, 0) is 9.53 Å². The molecule has 2 aromatic rings. The van der Waals surface area contributed by atoms with Gasteiger partial charge in [-0.1, -0.05) is 24.3 Å². The third-order valence-electron chi connectivity index (χ3n) is 3.09. The average molecular weight is 330 g/mol. The lowest BCUT2D eigenvalue weighted by Gasteiger charge is -2.10. The number of hydrogen-bond donors (Lipinski definition) is 3. The summed E-state index contributed by atoms with van der Waals surface area (Å²) in [7, 11) is 0. The first-order valence-electron chi connectivity index (χ1n) is 7.36. The fraction of sp³-hybridized carbons (Fsp3) is 0.235. The van der Waals surface area contributed by atoms with E-state index in [0.717, 1.165) is 10.8 Å². The second kappa shape index (κ2) is 7.45. The Morgan fingerprint density at radius 3 is 2.38 bits per heavy atom. The van der Waals surface area contributed by atoms with Crippen molar-refractivity contribution >= 4 is 28.7 Å². The van der Waals surface area contributed by atoms with Crippen molar-refractivity contribution in [2.24, 2.45) is 0 Å². The number of aromatic hydroxyl groups is 1. The minimum Gasteiger partial charge on any atom is -0.507 e. The molecule has 0 aromatic heterocycles. The summed E-state index contributed by atoms with van der Waals surface area (Å²) in [5, 5.41) is 16.0. The Morgan fingerprint density at radius 2 is 1.75 bits per heavy atom. The number of urea groups is 1. The molecule has 0 heterocycles. The first-order valence-corrected chi connectivity index (χ1v) is 7.36. The number of phenols is 1. The van der Waals surface area contributed by atoms with Crippen molar-refractivity contribution in [3.05, 3.63) is 42.0 Å². The number of esters is 1. The number of fused-ring (bicyclic) bond motifs is 1. The second-order valence-corrected chi connectivity index (χ2v) is 5.47. The normalized spacial score (nSPS) is 10.5. The fourth-order valence-electron chi connectivity index (χ4n) is 2.06. The summed E-state index contributed by atoms with van der Waals surface area (Å²) in [6.07, 6.45) is 0. The van der Waals surface area contributed by atoms with Gasteiger partial charge in [0.05, 0.1) is 0 Å². The van der Waals surface area contributed by atoms with Gasteiger partial charge in [0.25, 0.3) is 5.91 Å². The van der Waals surface area contributed by atoms with Gasteiger partial charge >= 0.3 is 12.0 Å². The summed E-state index contributed by atoms with van der Waals surface area (Å²) in [5.41, 5.74) is -0.0480. The van der Waals surface area contributed by atoms with Crippen molar-refractivity contribution in [1.29, 1.82) is 0 Å². The molecule has 7 nitrogen and oxygen atoms in total. The maximum absolute atomic E-state index is 12.0. The van der Waals surface area contributed by atoms with Crippen LogP contribution in [0.2, 0.25) is 0 Å². The van der Waals surface area contributed by atoms with E-state index in [2.05, 4.69) is 5.32 Å². The molecule has 0 bridgehead atoms. The van der Waals surface area contributed by atoms with Crippen LogP contribution in [0.5, 0.6) is 5.75 Å². The number of rotatable bonds is 4. The minimum atomic E-state index is -0.849. The topological polar surface area (TPSA) is 105 Å². The van der Waals surface area contributed by atoms with Crippen LogP contribution in [0.3, 0.4) is 0 Å². The van der Waals surface area contributed by atoms with Gasteiger partial charge in [0.1, 0.15) is 11.3 Å². The quantitative estimate of drug-likeness (QED) is 0.743. The number of carbonyl (C=O) groups is 3. The van der Waals surface area contributed by atoms with E-state index in [1.165, 1.54) is 12.1 Å². The maximum Gasteiger partial charge on any atom is 0.342 e. The van der Waals surface area contributed by atoms with Gasteiger partial charge in [-0.15, -0.1) is 0 Å². The Hall–Kier alpha value is -3.09. The van der Waals surface area contributed by atoms with E-state index in [1.807, 2.05) is 11.4 Å². The van der Waals surface area contributed by atoms with Crippen LogP contribution in [0, 0.1) is 0 Å². The largest absolute Gasteiger partial charge is 0.507 e. The van der Waals surface area contributed by atoms with Gasteiger partial charge in [-0.2, -0.15) is 0 Å². The summed E-state index contributed by atoms with van der Waals surface area (Å²) in [4.78, 5) is 34.9. The first-order chi connectivity index (χ1) is 11.4. The zero-order chi connectivity index (χ0) is 17.7. The molecule has 24 heavy (non-hydrogen) atoms. The third kappa shape index (κ3) is 4.45. The molecule has 0 saturated heterocycles. The summed E-state index contributed by atoms with van der Waals surface area (Å²) < 4.78 is 4.83. The van der Waals surface area contributed by atoms with Crippen molar-refractivity contribution in [3.8, 4) is 5.75 Å². The predicted octanol–water partition coefficient (Wildman–Crippen LogP) is 1.94. The van der Waals surface area contributed by atoms with E-state index in [9.17, 15) is 19.5 Å². The molecule has 0 aliphatic heterocycles. The molecular formula is C17H18N2O5. The number of imide groups is 1. The van der Waals surface area contributed by atoms with Gasteiger partial charge in [-0.25, -0.2) is 9.59 Å². The molecule has 2 aromatic carbocycles. The number of carbonyl (C=O) groups excluding carboxylic acids is 3. The number of benzene rings is 2. The van der Waals surface area contributed by atoms with E-state index >= 15 is 0 Å². The highest BCUT2D eigenvalue weighted by molar-refractivity contribution is 6.00. The zero-order valence-corrected chi connectivity index (χ0v) is 13.3. The highest BCUT2D eigenvalue weighted by Crippen LogP contribution is 2.25. The maximum atomic E-state index is 12.0. The molecule has 0 fully saturated rings. The first kappa shape index (κ1) is 17.3. The molecular weight excluding hydrogens is 312 g/mol. The fourth-order valence-corrected chi connectivity index (χ4v) is 2.06. The molecule has 0 unspecified atom stereocenters. The SMILES string of the molecule is CC(C)NC(=O)NC(=O)COC(=O)c1cc2ccccc2cc1O. The van der Waals surface area contributed by atoms with E-state index in [-0.39, 0.29) is 17.4 Å². The summed E-state index contributed by atoms with van der Waals surface area (Å²) in [5.74, 6) is -1.85. The highest BCUT2D eigenvalue weighted by Gasteiger charge is 2.16. The van der Waals surface area contributed by atoms with Crippen molar-refractivity contribution in [1.82, 2.24) is 10.6 Å². The van der Waals surface area contributed by atoms with Gasteiger partial charge in [0.2, 0.25) is 0 Å². The van der Waals surface area contributed by atoms with E-state index in [0.29, 0.717) is 0 Å². The van der Waals surface area contributed by atoms with Gasteiger partial charge in [0, 0.05) is 6.04 Å². The summed E-state index contributed by atoms with van der Waals surface area (Å²) in [6, 6.07) is 9.33. The number of nitrogens with one attached hydrogen (secondary N) is 2. The van der Waals surface area contributed by atoms with E-state index < -0.39 is 24.5 Å². The van der Waals surface area contributed by atoms with Crippen LogP contribution in [-0.4, -0.2) is 35.7 Å². The van der Waals surface area contributed by atoms with Crippen LogP contribution in [0.15, 0.2) is 36.4 Å². The van der Waals surface area contributed by atoms with Crippen LogP contribution in [0.25, 0.3) is 10.8 Å². The van der Waals surface area contributed by atoms with Crippen LogP contribution < -0.4 is 10.6 Å². The monoisotopic (exact) mass is 330 g/mol. The Balaban J connectivity index is 1.99. The van der Waals surface area contributed by atoms with Crippen LogP contribution in [0.1, 0.15) is 24.2 Å². The Kier molecular flexibility index (Phi) is 5.36. The smallest absolute Gasteiger partial charge is 0.342 e. The van der Waals surface area contributed by atoms with E-state index in [4.69, 9.17) is 4.74 Å². The molecule has 0 spiro atoms. The number of amides is 3. The Labute approximate surface area is 138 Å². The van der Waals surface area contributed by atoms with Crippen LogP contribution in [0.4, 0.5) is 4.79 Å². The van der Waals surface area contributed by atoms with Gasteiger partial charge < -0.3 is 15.2 Å². The molecule has 0 aliphatic rings. The molecule has 0 radical (unpaired) electrons. The standard InChI is InChI=1S/C17H18N2O5/c1-10(2)18-17(23)19-15(21)9-24-16(22)13-7-11-5-3-4-6-12(11)8-14(13)20/h3-8,10,20H,9H2,1-2H3,(H2,18,19,21,23). The molecule has 7 heteroatoms. The van der Waals surface area contributed by atoms with Crippen LogP contribution >= 0.6 is 0 Å². The highest BCUT2D eigenvalue weighted by atomic mass is 16.5. The molecule has 0 saturated carbocycles. The molecule has 0 aliphatic carbocycles. The predicted molar refractivity (Wildman–Crippen MR) is 87.7 cm³/mol. The minimum absolute atomic E-state index is 0.0480. The number of ether oxygens (including phenoxy) is 1. The molecule has 0 atom stereocenters. The Morgan fingerprint density at radius 1 is 1.12 bits per heavy atom. The second-order valence-electron chi connectivity index (χ2n) is 5.47. The molecule has 3 amide bonds. The third-order valence-corrected chi connectivity index (χ3v) is 3.09. The lowest BCUT2D eigenvalue weighted by Crippen LogP contribution is -2.44. The number of hydrogen-bond acceptors (Lipinski definition) is 5.